The fraction of sp³-hybridized carbons (Fsp3) is 0.600. The SMILES string of the molecule is Fc1ccc(OCC2(CS)CCCCCC2)c(Cl)c1. The van der Waals surface area contributed by atoms with E-state index >= 15 is 0 Å². The predicted octanol–water partition coefficient (Wildman–Crippen LogP) is 5.13. The van der Waals surface area contributed by atoms with Crippen LogP contribution in [0.25, 0.3) is 0 Å². The van der Waals surface area contributed by atoms with Gasteiger partial charge in [0.15, 0.2) is 0 Å². The van der Waals surface area contributed by atoms with Crippen LogP contribution >= 0.6 is 24.2 Å². The number of hydrogen-bond acceptors (Lipinski definition) is 2. The molecule has 1 aliphatic carbocycles. The van der Waals surface area contributed by atoms with Gasteiger partial charge in [0.1, 0.15) is 11.6 Å². The Morgan fingerprint density at radius 1 is 1.21 bits per heavy atom. The third kappa shape index (κ3) is 4.03. The van der Waals surface area contributed by atoms with Crippen LogP contribution < -0.4 is 4.74 Å². The van der Waals surface area contributed by atoms with Crippen LogP contribution in [0.4, 0.5) is 4.39 Å². The molecule has 1 nitrogen and oxygen atoms in total. The molecule has 1 saturated carbocycles. The van der Waals surface area contributed by atoms with Crippen molar-refractivity contribution in [2.75, 3.05) is 12.4 Å². The van der Waals surface area contributed by atoms with Crippen molar-refractivity contribution in [3.8, 4) is 5.75 Å². The monoisotopic (exact) mass is 302 g/mol. The standard InChI is InChI=1S/C15H20ClFOS/c16-13-9-12(17)5-6-14(13)18-10-15(11-19)7-3-1-2-4-8-15/h5-6,9,19H,1-4,7-8,10-11H2. The van der Waals surface area contributed by atoms with E-state index in [2.05, 4.69) is 12.6 Å². The topological polar surface area (TPSA) is 9.23 Å². The lowest BCUT2D eigenvalue weighted by Crippen LogP contribution is -2.30. The van der Waals surface area contributed by atoms with E-state index in [0.29, 0.717) is 17.4 Å². The van der Waals surface area contributed by atoms with Crippen LogP contribution in [0, 0.1) is 11.2 Å². The van der Waals surface area contributed by atoms with Gasteiger partial charge in [0.25, 0.3) is 0 Å². The summed E-state index contributed by atoms with van der Waals surface area (Å²) in [5, 5.41) is 0.336. The number of halogens is 2. The molecule has 1 aromatic rings. The number of ether oxygens (including phenoxy) is 1. The van der Waals surface area contributed by atoms with Crippen LogP contribution in [0.1, 0.15) is 38.5 Å². The second-order valence-electron chi connectivity index (χ2n) is 5.44. The van der Waals surface area contributed by atoms with E-state index in [1.165, 1.54) is 37.8 Å². The minimum Gasteiger partial charge on any atom is -0.491 e. The lowest BCUT2D eigenvalue weighted by Gasteiger charge is -2.31. The maximum atomic E-state index is 13.0. The van der Waals surface area contributed by atoms with Gasteiger partial charge in [0.2, 0.25) is 0 Å². The summed E-state index contributed by atoms with van der Waals surface area (Å²) in [6.45, 7) is 0.613. The molecule has 0 aromatic heterocycles. The van der Waals surface area contributed by atoms with E-state index in [4.69, 9.17) is 16.3 Å². The van der Waals surface area contributed by atoms with Crippen LogP contribution in [0.5, 0.6) is 5.75 Å². The van der Waals surface area contributed by atoms with Crippen LogP contribution in [0.15, 0.2) is 18.2 Å². The van der Waals surface area contributed by atoms with Crippen molar-refractivity contribution in [1.82, 2.24) is 0 Å². The van der Waals surface area contributed by atoms with Crippen molar-refractivity contribution in [2.24, 2.45) is 5.41 Å². The smallest absolute Gasteiger partial charge is 0.138 e. The van der Waals surface area contributed by atoms with E-state index in [1.807, 2.05) is 0 Å². The first-order valence-electron chi connectivity index (χ1n) is 6.84. The molecule has 1 fully saturated rings. The second-order valence-corrected chi connectivity index (χ2v) is 6.16. The molecule has 0 heterocycles. The molecule has 1 aromatic carbocycles. The lowest BCUT2D eigenvalue weighted by molar-refractivity contribution is 0.148. The van der Waals surface area contributed by atoms with Crippen molar-refractivity contribution >= 4 is 24.2 Å². The third-order valence-corrected chi connectivity index (χ3v) is 4.89. The summed E-state index contributed by atoms with van der Waals surface area (Å²) in [6.07, 6.45) is 7.37. The minimum atomic E-state index is -0.337. The quantitative estimate of drug-likeness (QED) is 0.599. The molecule has 0 amide bonds. The molecule has 0 bridgehead atoms. The fourth-order valence-corrected chi connectivity index (χ4v) is 3.28. The fourth-order valence-electron chi connectivity index (χ4n) is 2.65. The zero-order valence-electron chi connectivity index (χ0n) is 11.0. The van der Waals surface area contributed by atoms with Gasteiger partial charge in [-0.05, 0) is 36.8 Å². The highest BCUT2D eigenvalue weighted by Crippen LogP contribution is 2.37. The Morgan fingerprint density at radius 2 is 1.89 bits per heavy atom. The highest BCUT2D eigenvalue weighted by molar-refractivity contribution is 7.80. The van der Waals surface area contributed by atoms with Crippen LogP contribution in [0.2, 0.25) is 5.02 Å². The molecule has 0 radical (unpaired) electrons. The first-order chi connectivity index (χ1) is 9.15. The van der Waals surface area contributed by atoms with Gasteiger partial charge < -0.3 is 4.74 Å². The van der Waals surface area contributed by atoms with E-state index in [-0.39, 0.29) is 11.2 Å². The summed E-state index contributed by atoms with van der Waals surface area (Å²) >= 11 is 10.5. The first-order valence-corrected chi connectivity index (χ1v) is 7.85. The highest BCUT2D eigenvalue weighted by Gasteiger charge is 2.30. The van der Waals surface area contributed by atoms with Gasteiger partial charge in [-0.25, -0.2) is 4.39 Å². The van der Waals surface area contributed by atoms with Gasteiger partial charge in [-0.2, -0.15) is 12.6 Å². The average Bonchev–Trinajstić information content (AvgIpc) is 2.64. The molecule has 19 heavy (non-hydrogen) atoms. The molecule has 0 saturated heterocycles. The van der Waals surface area contributed by atoms with Crippen LogP contribution in [-0.2, 0) is 0 Å². The molecule has 0 unspecified atom stereocenters. The van der Waals surface area contributed by atoms with Gasteiger partial charge in [-0.3, -0.25) is 0 Å². The Kier molecular flexibility index (Phi) is 5.40. The Morgan fingerprint density at radius 3 is 2.47 bits per heavy atom. The zero-order valence-corrected chi connectivity index (χ0v) is 12.7. The molecule has 1 aliphatic rings. The Bertz CT molecular complexity index is 417. The van der Waals surface area contributed by atoms with Gasteiger partial charge in [-0.1, -0.05) is 37.3 Å². The van der Waals surface area contributed by atoms with E-state index < -0.39 is 0 Å². The lowest BCUT2D eigenvalue weighted by atomic mass is 9.83. The molecule has 4 heteroatoms. The summed E-state index contributed by atoms with van der Waals surface area (Å²) in [4.78, 5) is 0. The molecule has 0 N–H and O–H groups in total. The number of thiol groups is 1. The maximum absolute atomic E-state index is 13.0. The van der Waals surface area contributed by atoms with Gasteiger partial charge in [0.05, 0.1) is 11.6 Å². The largest absolute Gasteiger partial charge is 0.491 e. The Hall–Kier alpha value is -0.410. The summed E-state index contributed by atoms with van der Waals surface area (Å²) in [5.74, 6) is 1.05. The summed E-state index contributed by atoms with van der Waals surface area (Å²) in [7, 11) is 0. The van der Waals surface area contributed by atoms with Crippen LogP contribution in [-0.4, -0.2) is 12.4 Å². The normalized spacial score (nSPS) is 18.9. The summed E-state index contributed by atoms with van der Waals surface area (Å²) in [5.41, 5.74) is 0.136. The summed E-state index contributed by atoms with van der Waals surface area (Å²) < 4.78 is 18.8. The zero-order chi connectivity index (χ0) is 13.7. The van der Waals surface area contributed by atoms with E-state index in [0.717, 1.165) is 18.6 Å². The maximum Gasteiger partial charge on any atom is 0.138 e. The van der Waals surface area contributed by atoms with Gasteiger partial charge in [0, 0.05) is 5.41 Å². The van der Waals surface area contributed by atoms with Crippen molar-refractivity contribution in [1.29, 1.82) is 0 Å². The third-order valence-electron chi connectivity index (χ3n) is 3.93. The molecule has 0 atom stereocenters. The summed E-state index contributed by atoms with van der Waals surface area (Å²) in [6, 6.07) is 4.26. The number of rotatable bonds is 4. The van der Waals surface area contributed by atoms with Gasteiger partial charge >= 0.3 is 0 Å². The minimum absolute atomic E-state index is 0.136. The molecular formula is C15H20ClFOS. The number of hydrogen-bond donors (Lipinski definition) is 1. The number of benzene rings is 1. The molecule has 106 valence electrons. The molecule has 0 spiro atoms. The van der Waals surface area contributed by atoms with Crippen molar-refractivity contribution in [3.05, 3.63) is 29.0 Å². The molecule has 0 aliphatic heterocycles. The van der Waals surface area contributed by atoms with Crippen molar-refractivity contribution in [2.45, 2.75) is 38.5 Å². The molecule has 2 rings (SSSR count). The van der Waals surface area contributed by atoms with Crippen molar-refractivity contribution < 1.29 is 9.13 Å². The Balaban J connectivity index is 2.02. The Labute approximate surface area is 124 Å². The second kappa shape index (κ2) is 6.85. The first kappa shape index (κ1) is 15.0. The highest BCUT2D eigenvalue weighted by atomic mass is 35.5. The average molecular weight is 303 g/mol. The molecular weight excluding hydrogens is 283 g/mol. The van der Waals surface area contributed by atoms with E-state index in [9.17, 15) is 4.39 Å². The van der Waals surface area contributed by atoms with Gasteiger partial charge in [-0.15, -0.1) is 0 Å². The van der Waals surface area contributed by atoms with Crippen LogP contribution in [0.3, 0.4) is 0 Å². The van der Waals surface area contributed by atoms with E-state index in [1.54, 1.807) is 6.07 Å². The van der Waals surface area contributed by atoms with Crippen molar-refractivity contribution in [3.63, 3.8) is 0 Å². The predicted molar refractivity (Wildman–Crippen MR) is 80.9 cm³/mol.